The molecule has 4 rings (SSSR count). The number of hydrogen-bond acceptors (Lipinski definition) is 4. The van der Waals surface area contributed by atoms with E-state index in [1.165, 1.54) is 17.5 Å². The van der Waals surface area contributed by atoms with Crippen LogP contribution in [0.4, 0.5) is 0 Å². The molecule has 3 heterocycles. The Morgan fingerprint density at radius 3 is 2.89 bits per heavy atom. The highest BCUT2D eigenvalue weighted by molar-refractivity contribution is 5.93. The minimum atomic E-state index is -0.123. The van der Waals surface area contributed by atoms with Crippen molar-refractivity contribution in [2.45, 2.75) is 19.3 Å². The number of carbonyl (C=O) groups excluding carboxylic acids is 1. The average Bonchev–Trinajstić information content (AvgIpc) is 3.39. The van der Waals surface area contributed by atoms with Crippen LogP contribution in [0, 0.1) is 6.92 Å². The van der Waals surface area contributed by atoms with Crippen LogP contribution in [0.1, 0.15) is 34.0 Å². The monoisotopic (exact) mass is 375 g/mol. The molecule has 0 aliphatic carbocycles. The highest BCUT2D eigenvalue weighted by atomic mass is 16.1. The molecule has 1 aliphatic rings. The molecular weight excluding hydrogens is 350 g/mol. The minimum absolute atomic E-state index is 0.123. The van der Waals surface area contributed by atoms with Gasteiger partial charge in [0, 0.05) is 37.6 Å². The van der Waals surface area contributed by atoms with E-state index in [4.69, 9.17) is 0 Å². The third-order valence-corrected chi connectivity index (χ3v) is 5.41. The van der Waals surface area contributed by atoms with Crippen LogP contribution in [0.5, 0.6) is 0 Å². The van der Waals surface area contributed by atoms with E-state index < -0.39 is 0 Å². The number of carbonyl (C=O) groups is 1. The quantitative estimate of drug-likeness (QED) is 0.695. The number of aryl methyl sites for hydroxylation is 1. The molecule has 1 aliphatic heterocycles. The zero-order valence-electron chi connectivity index (χ0n) is 16.1. The molecule has 6 heteroatoms. The standard InChI is InChI=1S/C22H25N5O/c1-16-4-2-3-5-19(16)18-8-12-27(15-18)13-11-24-22(28)21-14-20(25-26-21)17-6-9-23-10-7-17/h2-7,9-10,14,18H,8,11-13,15H2,1H3,(H,24,28)(H,25,26)/t18-/m1/s1. The number of aromatic nitrogens is 3. The Hall–Kier alpha value is -2.99. The molecule has 1 atom stereocenters. The predicted octanol–water partition coefficient (Wildman–Crippen LogP) is 3.00. The maximum atomic E-state index is 12.4. The topological polar surface area (TPSA) is 73.9 Å². The molecule has 144 valence electrons. The van der Waals surface area contributed by atoms with Gasteiger partial charge < -0.3 is 10.2 Å². The molecule has 6 nitrogen and oxygen atoms in total. The van der Waals surface area contributed by atoms with Crippen LogP contribution in [0.2, 0.25) is 0 Å². The normalized spacial score (nSPS) is 17.0. The summed E-state index contributed by atoms with van der Waals surface area (Å²) in [5, 5.41) is 10.0. The second-order valence-electron chi connectivity index (χ2n) is 7.30. The van der Waals surface area contributed by atoms with Crippen LogP contribution < -0.4 is 5.32 Å². The first-order valence-corrected chi connectivity index (χ1v) is 9.72. The van der Waals surface area contributed by atoms with Crippen molar-refractivity contribution in [1.82, 2.24) is 25.4 Å². The lowest BCUT2D eigenvalue weighted by molar-refractivity contribution is 0.0944. The molecule has 1 fully saturated rings. The maximum Gasteiger partial charge on any atom is 0.269 e. The Morgan fingerprint density at radius 1 is 1.25 bits per heavy atom. The van der Waals surface area contributed by atoms with Crippen molar-refractivity contribution in [3.05, 3.63) is 71.7 Å². The zero-order chi connectivity index (χ0) is 19.3. The first-order valence-electron chi connectivity index (χ1n) is 9.72. The number of nitrogens with one attached hydrogen (secondary N) is 2. The first-order chi connectivity index (χ1) is 13.7. The summed E-state index contributed by atoms with van der Waals surface area (Å²) in [7, 11) is 0. The van der Waals surface area contributed by atoms with Gasteiger partial charge in [0.15, 0.2) is 0 Å². The summed E-state index contributed by atoms with van der Waals surface area (Å²) >= 11 is 0. The molecule has 1 amide bonds. The summed E-state index contributed by atoms with van der Waals surface area (Å²) in [6.07, 6.45) is 4.60. The highest BCUT2D eigenvalue weighted by Crippen LogP contribution is 2.28. The van der Waals surface area contributed by atoms with Crippen LogP contribution >= 0.6 is 0 Å². The van der Waals surface area contributed by atoms with E-state index in [2.05, 4.69) is 56.6 Å². The molecule has 0 saturated carbocycles. The van der Waals surface area contributed by atoms with Gasteiger partial charge in [-0.2, -0.15) is 5.10 Å². The summed E-state index contributed by atoms with van der Waals surface area (Å²) in [6.45, 7) is 5.80. The van der Waals surface area contributed by atoms with Crippen LogP contribution in [0.3, 0.4) is 0 Å². The SMILES string of the molecule is Cc1ccccc1[C@@H]1CCN(CCNC(=O)c2cc(-c3ccncc3)n[nH]2)C1. The number of hydrogen-bond donors (Lipinski definition) is 2. The molecule has 0 unspecified atom stereocenters. The van der Waals surface area contributed by atoms with Gasteiger partial charge in [0.25, 0.3) is 5.91 Å². The number of rotatable bonds is 6. The Labute approximate surface area is 165 Å². The van der Waals surface area contributed by atoms with E-state index in [9.17, 15) is 4.79 Å². The van der Waals surface area contributed by atoms with E-state index in [0.29, 0.717) is 18.2 Å². The maximum absolute atomic E-state index is 12.4. The van der Waals surface area contributed by atoms with Gasteiger partial charge in [0.1, 0.15) is 5.69 Å². The number of aromatic amines is 1. The third kappa shape index (κ3) is 4.12. The number of H-pyrrole nitrogens is 1. The Balaban J connectivity index is 1.26. The second kappa shape index (κ2) is 8.35. The molecule has 0 radical (unpaired) electrons. The molecule has 1 saturated heterocycles. The van der Waals surface area contributed by atoms with Crippen molar-refractivity contribution < 1.29 is 4.79 Å². The highest BCUT2D eigenvalue weighted by Gasteiger charge is 2.24. The lowest BCUT2D eigenvalue weighted by Crippen LogP contribution is -2.34. The van der Waals surface area contributed by atoms with Crippen molar-refractivity contribution in [3.63, 3.8) is 0 Å². The van der Waals surface area contributed by atoms with E-state index in [1.807, 2.05) is 12.1 Å². The Bertz CT molecular complexity index is 937. The molecule has 0 spiro atoms. The summed E-state index contributed by atoms with van der Waals surface area (Å²) in [5.74, 6) is 0.467. The van der Waals surface area contributed by atoms with Gasteiger partial charge in [-0.05, 0) is 55.1 Å². The van der Waals surface area contributed by atoms with Gasteiger partial charge in [-0.3, -0.25) is 14.9 Å². The third-order valence-electron chi connectivity index (χ3n) is 5.41. The molecule has 1 aromatic carbocycles. The van der Waals surface area contributed by atoms with Crippen molar-refractivity contribution >= 4 is 5.91 Å². The smallest absolute Gasteiger partial charge is 0.269 e. The van der Waals surface area contributed by atoms with Gasteiger partial charge in [-0.25, -0.2) is 0 Å². The van der Waals surface area contributed by atoms with Gasteiger partial charge in [-0.1, -0.05) is 24.3 Å². The van der Waals surface area contributed by atoms with Gasteiger partial charge in [-0.15, -0.1) is 0 Å². The summed E-state index contributed by atoms with van der Waals surface area (Å²) in [6, 6.07) is 14.2. The summed E-state index contributed by atoms with van der Waals surface area (Å²) < 4.78 is 0. The number of nitrogens with zero attached hydrogens (tertiary/aromatic N) is 3. The lowest BCUT2D eigenvalue weighted by Gasteiger charge is -2.17. The van der Waals surface area contributed by atoms with Gasteiger partial charge >= 0.3 is 0 Å². The van der Waals surface area contributed by atoms with E-state index in [0.717, 1.165) is 30.9 Å². The minimum Gasteiger partial charge on any atom is -0.349 e. The fourth-order valence-electron chi connectivity index (χ4n) is 3.87. The molecule has 0 bridgehead atoms. The van der Waals surface area contributed by atoms with Crippen molar-refractivity contribution in [2.75, 3.05) is 26.2 Å². The van der Waals surface area contributed by atoms with Gasteiger partial charge in [0.05, 0.1) is 5.69 Å². The number of amides is 1. The van der Waals surface area contributed by atoms with E-state index in [1.54, 1.807) is 18.5 Å². The molecule has 2 aromatic heterocycles. The molecular formula is C22H25N5O. The van der Waals surface area contributed by atoms with Crippen LogP contribution in [-0.4, -0.2) is 52.2 Å². The molecule has 28 heavy (non-hydrogen) atoms. The Kier molecular flexibility index (Phi) is 5.48. The zero-order valence-corrected chi connectivity index (χ0v) is 16.1. The van der Waals surface area contributed by atoms with Crippen molar-refractivity contribution in [3.8, 4) is 11.3 Å². The predicted molar refractivity (Wildman–Crippen MR) is 109 cm³/mol. The number of pyridine rings is 1. The number of likely N-dealkylation sites (tertiary alicyclic amines) is 1. The summed E-state index contributed by atoms with van der Waals surface area (Å²) in [4.78, 5) is 18.8. The van der Waals surface area contributed by atoms with E-state index >= 15 is 0 Å². The average molecular weight is 375 g/mol. The fraction of sp³-hybridized carbons (Fsp3) is 0.318. The summed E-state index contributed by atoms with van der Waals surface area (Å²) in [5.41, 5.74) is 4.98. The largest absolute Gasteiger partial charge is 0.349 e. The first kappa shape index (κ1) is 18.4. The van der Waals surface area contributed by atoms with Crippen molar-refractivity contribution in [1.29, 1.82) is 0 Å². The van der Waals surface area contributed by atoms with E-state index in [-0.39, 0.29) is 5.91 Å². The number of benzene rings is 1. The molecule has 2 N–H and O–H groups in total. The van der Waals surface area contributed by atoms with Crippen LogP contribution in [0.15, 0.2) is 54.9 Å². The van der Waals surface area contributed by atoms with Crippen LogP contribution in [-0.2, 0) is 0 Å². The Morgan fingerprint density at radius 2 is 2.07 bits per heavy atom. The van der Waals surface area contributed by atoms with Crippen molar-refractivity contribution in [2.24, 2.45) is 0 Å². The van der Waals surface area contributed by atoms with Gasteiger partial charge in [0.2, 0.25) is 0 Å². The second-order valence-corrected chi connectivity index (χ2v) is 7.30. The molecule has 3 aromatic rings. The van der Waals surface area contributed by atoms with Crippen LogP contribution in [0.25, 0.3) is 11.3 Å². The lowest BCUT2D eigenvalue weighted by atomic mass is 9.94. The fourth-order valence-corrected chi connectivity index (χ4v) is 3.87.